The number of nitrogens with one attached hydrogen (secondary N) is 1. The monoisotopic (exact) mass is 282 g/mol. The largest absolute Gasteiger partial charge is 0.383 e. The Morgan fingerprint density at radius 1 is 1.33 bits per heavy atom. The maximum absolute atomic E-state index is 12.7. The fourth-order valence-corrected chi connectivity index (χ4v) is 2.73. The summed E-state index contributed by atoms with van der Waals surface area (Å²) in [4.78, 5) is 15.9. The van der Waals surface area contributed by atoms with Gasteiger partial charge in [0, 0.05) is 4.88 Å². The molecule has 0 aliphatic heterocycles. The van der Waals surface area contributed by atoms with Gasteiger partial charge in [-0.25, -0.2) is 13.8 Å². The minimum Gasteiger partial charge on any atom is -0.296 e. The van der Waals surface area contributed by atoms with E-state index in [1.165, 1.54) is 0 Å². The zero-order chi connectivity index (χ0) is 13.3. The molecule has 0 unspecified atom stereocenters. The van der Waals surface area contributed by atoms with Gasteiger partial charge in [-0.3, -0.25) is 10.1 Å². The molecule has 3 nitrogen and oxygen atoms in total. The molecule has 0 atom stereocenters. The Labute approximate surface area is 104 Å². The molecule has 8 heteroatoms. The number of halogens is 4. The average molecular weight is 282 g/mol. The summed E-state index contributed by atoms with van der Waals surface area (Å²) in [6.45, 7) is 0. The van der Waals surface area contributed by atoms with Crippen LogP contribution in [0, 0.1) is 0 Å². The number of carbonyl (C=O) groups is 1. The number of aromatic nitrogens is 1. The normalized spacial score (nSPS) is 15.6. The van der Waals surface area contributed by atoms with Crippen molar-refractivity contribution in [2.45, 2.75) is 38.0 Å². The Bertz CT molecular complexity index is 437. The molecule has 100 valence electrons. The SMILES string of the molecule is O=C(Nc1nc2c(s1)CCCC2)C(F)(F)C(F)F. The zero-order valence-corrected chi connectivity index (χ0v) is 10.00. The van der Waals surface area contributed by atoms with Gasteiger partial charge in [-0.15, -0.1) is 11.3 Å². The molecule has 1 amide bonds. The van der Waals surface area contributed by atoms with E-state index in [0.29, 0.717) is 0 Å². The molecule has 1 aromatic heterocycles. The highest BCUT2D eigenvalue weighted by Crippen LogP contribution is 2.31. The van der Waals surface area contributed by atoms with Crippen molar-refractivity contribution in [3.8, 4) is 0 Å². The first-order chi connectivity index (χ1) is 8.41. The lowest BCUT2D eigenvalue weighted by molar-refractivity contribution is -0.163. The van der Waals surface area contributed by atoms with E-state index in [9.17, 15) is 22.4 Å². The quantitative estimate of drug-likeness (QED) is 0.866. The second kappa shape index (κ2) is 4.83. The van der Waals surface area contributed by atoms with Crippen molar-refractivity contribution in [3.05, 3.63) is 10.6 Å². The summed E-state index contributed by atoms with van der Waals surface area (Å²) in [5.74, 6) is -6.70. The van der Waals surface area contributed by atoms with Gasteiger partial charge < -0.3 is 0 Å². The van der Waals surface area contributed by atoms with E-state index in [-0.39, 0.29) is 5.13 Å². The third-order valence-corrected chi connectivity index (χ3v) is 3.72. The second-order valence-corrected chi connectivity index (χ2v) is 5.06. The third kappa shape index (κ3) is 2.47. The first-order valence-corrected chi connectivity index (χ1v) is 6.19. The molecule has 0 fully saturated rings. The standard InChI is InChI=1S/C10H10F4N2OS/c11-7(12)10(13,14)8(17)16-9-15-5-3-1-2-4-6(5)18-9/h7H,1-4H2,(H,15,16,17). The van der Waals surface area contributed by atoms with E-state index in [0.717, 1.165) is 47.6 Å². The number of anilines is 1. The van der Waals surface area contributed by atoms with Gasteiger partial charge in [-0.2, -0.15) is 8.78 Å². The number of alkyl halides is 4. The molecule has 1 heterocycles. The van der Waals surface area contributed by atoms with E-state index in [2.05, 4.69) is 4.98 Å². The molecule has 1 aliphatic rings. The van der Waals surface area contributed by atoms with Crippen LogP contribution in [0.1, 0.15) is 23.4 Å². The first kappa shape index (κ1) is 13.3. The highest BCUT2D eigenvalue weighted by molar-refractivity contribution is 7.15. The molecule has 18 heavy (non-hydrogen) atoms. The lowest BCUT2D eigenvalue weighted by Gasteiger charge is -2.13. The Morgan fingerprint density at radius 2 is 2.00 bits per heavy atom. The summed E-state index contributed by atoms with van der Waals surface area (Å²) in [6.07, 6.45) is -0.569. The van der Waals surface area contributed by atoms with Crippen molar-refractivity contribution >= 4 is 22.4 Å². The fourth-order valence-electron chi connectivity index (χ4n) is 1.69. The number of carbonyl (C=O) groups excluding carboxylic acids is 1. The van der Waals surface area contributed by atoms with Crippen LogP contribution in [0.15, 0.2) is 0 Å². The van der Waals surface area contributed by atoms with Gasteiger partial charge in [0.05, 0.1) is 5.69 Å². The first-order valence-electron chi connectivity index (χ1n) is 5.37. The molecule has 1 aliphatic carbocycles. The van der Waals surface area contributed by atoms with Gasteiger partial charge in [-0.05, 0) is 25.7 Å². The maximum Gasteiger partial charge on any atom is 0.383 e. The van der Waals surface area contributed by atoms with Crippen LogP contribution in [-0.4, -0.2) is 23.2 Å². The Hall–Kier alpha value is -1.18. The number of nitrogens with zero attached hydrogens (tertiary/aromatic N) is 1. The number of aryl methyl sites for hydroxylation is 2. The van der Waals surface area contributed by atoms with Crippen molar-refractivity contribution in [3.63, 3.8) is 0 Å². The van der Waals surface area contributed by atoms with Crippen molar-refractivity contribution in [1.82, 2.24) is 4.98 Å². The molecule has 1 aromatic rings. The molecule has 0 spiro atoms. The summed E-state index contributed by atoms with van der Waals surface area (Å²) in [7, 11) is 0. The maximum atomic E-state index is 12.7. The highest BCUT2D eigenvalue weighted by atomic mass is 32.1. The number of amides is 1. The molecule has 0 saturated heterocycles. The zero-order valence-electron chi connectivity index (χ0n) is 9.18. The average Bonchev–Trinajstić information content (AvgIpc) is 2.70. The van der Waals surface area contributed by atoms with Crippen LogP contribution >= 0.6 is 11.3 Å². The number of thiazole rings is 1. The van der Waals surface area contributed by atoms with E-state index in [4.69, 9.17) is 0 Å². The molecule has 1 N–H and O–H groups in total. The molecule has 0 saturated carbocycles. The van der Waals surface area contributed by atoms with E-state index >= 15 is 0 Å². The van der Waals surface area contributed by atoms with Crippen LogP contribution in [0.4, 0.5) is 22.7 Å². The van der Waals surface area contributed by atoms with Crippen molar-refractivity contribution in [2.75, 3.05) is 5.32 Å². The van der Waals surface area contributed by atoms with Crippen LogP contribution in [0.5, 0.6) is 0 Å². The predicted molar refractivity (Wildman–Crippen MR) is 58.3 cm³/mol. The number of hydrogen-bond acceptors (Lipinski definition) is 3. The van der Waals surface area contributed by atoms with Crippen LogP contribution in [-0.2, 0) is 17.6 Å². The van der Waals surface area contributed by atoms with E-state index in [1.807, 2.05) is 0 Å². The molecule has 0 aromatic carbocycles. The fraction of sp³-hybridized carbons (Fsp3) is 0.600. The van der Waals surface area contributed by atoms with E-state index in [1.54, 1.807) is 5.32 Å². The van der Waals surface area contributed by atoms with Gasteiger partial charge in [0.15, 0.2) is 5.13 Å². The van der Waals surface area contributed by atoms with Crippen LogP contribution < -0.4 is 5.32 Å². The summed E-state index contributed by atoms with van der Waals surface area (Å²) in [5, 5.41) is 1.72. The molecule has 2 rings (SSSR count). The topological polar surface area (TPSA) is 42.0 Å². The highest BCUT2D eigenvalue weighted by Gasteiger charge is 2.49. The summed E-state index contributed by atoms with van der Waals surface area (Å²) < 4.78 is 49.4. The Balaban J connectivity index is 2.10. The van der Waals surface area contributed by atoms with Crippen LogP contribution in [0.3, 0.4) is 0 Å². The van der Waals surface area contributed by atoms with Gasteiger partial charge in [-0.1, -0.05) is 0 Å². The van der Waals surface area contributed by atoms with Gasteiger partial charge >= 0.3 is 18.3 Å². The lowest BCUT2D eigenvalue weighted by atomic mass is 10.0. The third-order valence-electron chi connectivity index (χ3n) is 2.64. The number of rotatable bonds is 3. The lowest BCUT2D eigenvalue weighted by Crippen LogP contribution is -2.40. The summed E-state index contributed by atoms with van der Waals surface area (Å²) in [5.41, 5.74) is 0.766. The van der Waals surface area contributed by atoms with E-state index < -0.39 is 18.3 Å². The van der Waals surface area contributed by atoms with Gasteiger partial charge in [0.1, 0.15) is 0 Å². The van der Waals surface area contributed by atoms with Gasteiger partial charge in [0.2, 0.25) is 0 Å². The molecular formula is C10H10F4N2OS. The summed E-state index contributed by atoms with van der Waals surface area (Å²) in [6, 6.07) is 0. The molecule has 0 bridgehead atoms. The number of hydrogen-bond donors (Lipinski definition) is 1. The minimum atomic E-state index is -4.69. The van der Waals surface area contributed by atoms with Gasteiger partial charge in [0.25, 0.3) is 0 Å². The minimum absolute atomic E-state index is 0.0350. The summed E-state index contributed by atoms with van der Waals surface area (Å²) >= 11 is 1.07. The van der Waals surface area contributed by atoms with Crippen LogP contribution in [0.25, 0.3) is 0 Å². The number of fused-ring (bicyclic) bond motifs is 1. The van der Waals surface area contributed by atoms with Crippen molar-refractivity contribution in [2.24, 2.45) is 0 Å². The molecular weight excluding hydrogens is 272 g/mol. The Morgan fingerprint density at radius 3 is 2.61 bits per heavy atom. The second-order valence-electron chi connectivity index (χ2n) is 3.97. The molecule has 0 radical (unpaired) electrons. The van der Waals surface area contributed by atoms with Crippen molar-refractivity contribution in [1.29, 1.82) is 0 Å². The predicted octanol–water partition coefficient (Wildman–Crippen LogP) is 2.86. The smallest absolute Gasteiger partial charge is 0.296 e. The Kier molecular flexibility index (Phi) is 3.56. The van der Waals surface area contributed by atoms with Crippen LogP contribution in [0.2, 0.25) is 0 Å². The van der Waals surface area contributed by atoms with Crippen molar-refractivity contribution < 1.29 is 22.4 Å².